The van der Waals surface area contributed by atoms with Gasteiger partial charge in [0, 0.05) is 11.6 Å². The molecule has 9 heteroatoms. The van der Waals surface area contributed by atoms with E-state index in [1.54, 1.807) is 30.5 Å². The number of hydrogen-bond acceptors (Lipinski definition) is 4. The van der Waals surface area contributed by atoms with Crippen molar-refractivity contribution in [3.05, 3.63) is 58.9 Å². The van der Waals surface area contributed by atoms with E-state index < -0.39 is 23.3 Å². The van der Waals surface area contributed by atoms with Crippen molar-refractivity contribution >= 4 is 22.4 Å². The molecule has 0 aliphatic carbocycles. The SMILES string of the molecule is Cc1ccccc1-n1ncc(C(=O)Nc2nccs2)c1C(F)(F)F. The molecule has 0 aliphatic rings. The van der Waals surface area contributed by atoms with Crippen molar-refractivity contribution in [2.24, 2.45) is 0 Å². The van der Waals surface area contributed by atoms with Crippen molar-refractivity contribution in [2.75, 3.05) is 5.32 Å². The van der Waals surface area contributed by atoms with Gasteiger partial charge in [0.25, 0.3) is 5.91 Å². The van der Waals surface area contributed by atoms with Gasteiger partial charge in [-0.15, -0.1) is 11.3 Å². The van der Waals surface area contributed by atoms with Crippen molar-refractivity contribution in [3.63, 3.8) is 0 Å². The number of halogens is 3. The summed E-state index contributed by atoms with van der Waals surface area (Å²) in [6.45, 7) is 1.67. The van der Waals surface area contributed by atoms with Gasteiger partial charge in [0.2, 0.25) is 0 Å². The van der Waals surface area contributed by atoms with E-state index in [9.17, 15) is 18.0 Å². The first-order chi connectivity index (χ1) is 11.4. The summed E-state index contributed by atoms with van der Waals surface area (Å²) < 4.78 is 41.4. The fraction of sp³-hybridized carbons (Fsp3) is 0.133. The number of amides is 1. The van der Waals surface area contributed by atoms with Crippen LogP contribution >= 0.6 is 11.3 Å². The van der Waals surface area contributed by atoms with Gasteiger partial charge in [-0.2, -0.15) is 18.3 Å². The lowest BCUT2D eigenvalue weighted by Gasteiger charge is -2.14. The Labute approximate surface area is 138 Å². The molecule has 24 heavy (non-hydrogen) atoms. The molecule has 0 spiro atoms. The number of carbonyl (C=O) groups excluding carboxylic acids is 1. The number of nitrogens with one attached hydrogen (secondary N) is 1. The Hall–Kier alpha value is -2.68. The van der Waals surface area contributed by atoms with E-state index in [0.717, 1.165) is 22.2 Å². The van der Waals surface area contributed by atoms with Crippen LogP contribution in [0.1, 0.15) is 21.6 Å². The number of rotatable bonds is 3. The second-order valence-corrected chi connectivity index (χ2v) is 5.79. The quantitative estimate of drug-likeness (QED) is 0.777. The Bertz CT molecular complexity index is 871. The minimum absolute atomic E-state index is 0.219. The van der Waals surface area contributed by atoms with Crippen LogP contribution in [0.4, 0.5) is 18.3 Å². The molecule has 0 atom stereocenters. The van der Waals surface area contributed by atoms with Gasteiger partial charge in [0.1, 0.15) is 0 Å². The minimum atomic E-state index is -4.74. The first-order valence-electron chi connectivity index (χ1n) is 6.80. The minimum Gasteiger partial charge on any atom is -0.298 e. The Morgan fingerprint density at radius 1 is 1.29 bits per heavy atom. The zero-order chi connectivity index (χ0) is 17.3. The van der Waals surface area contributed by atoms with Gasteiger partial charge >= 0.3 is 6.18 Å². The van der Waals surface area contributed by atoms with E-state index in [1.807, 2.05) is 0 Å². The number of aryl methyl sites for hydroxylation is 1. The molecule has 0 radical (unpaired) electrons. The lowest BCUT2D eigenvalue weighted by molar-refractivity contribution is -0.143. The highest BCUT2D eigenvalue weighted by atomic mass is 32.1. The summed E-state index contributed by atoms with van der Waals surface area (Å²) >= 11 is 1.11. The first kappa shape index (κ1) is 16.2. The number of carbonyl (C=O) groups is 1. The molecule has 0 bridgehead atoms. The van der Waals surface area contributed by atoms with Crippen molar-refractivity contribution in [1.82, 2.24) is 14.8 Å². The fourth-order valence-electron chi connectivity index (χ4n) is 2.22. The second kappa shape index (κ2) is 6.08. The summed E-state index contributed by atoms with van der Waals surface area (Å²) in [5.74, 6) is -0.905. The van der Waals surface area contributed by atoms with Crippen LogP contribution in [0.15, 0.2) is 42.0 Å². The number of anilines is 1. The molecular formula is C15H11F3N4OS. The Balaban J connectivity index is 2.08. The van der Waals surface area contributed by atoms with Crippen molar-refractivity contribution in [1.29, 1.82) is 0 Å². The number of benzene rings is 1. The standard InChI is InChI=1S/C15H11F3N4OS/c1-9-4-2-3-5-11(9)22-12(15(16,17)18)10(8-20-22)13(23)21-14-19-6-7-24-14/h2-8H,1H3,(H,19,21,23). The molecule has 0 unspecified atom stereocenters. The molecule has 0 saturated heterocycles. The van der Waals surface area contributed by atoms with E-state index in [4.69, 9.17) is 0 Å². The third-order valence-electron chi connectivity index (χ3n) is 3.28. The molecule has 2 aromatic heterocycles. The largest absolute Gasteiger partial charge is 0.434 e. The fourth-order valence-corrected chi connectivity index (χ4v) is 2.74. The third-order valence-corrected chi connectivity index (χ3v) is 3.97. The summed E-state index contributed by atoms with van der Waals surface area (Å²) in [6, 6.07) is 6.51. The average Bonchev–Trinajstić information content (AvgIpc) is 3.15. The van der Waals surface area contributed by atoms with Gasteiger partial charge in [-0.25, -0.2) is 9.67 Å². The molecule has 1 aromatic carbocycles. The summed E-state index contributed by atoms with van der Waals surface area (Å²) in [4.78, 5) is 16.0. The van der Waals surface area contributed by atoms with Crippen LogP contribution in [0.5, 0.6) is 0 Å². The topological polar surface area (TPSA) is 59.8 Å². The highest BCUT2D eigenvalue weighted by molar-refractivity contribution is 7.13. The highest BCUT2D eigenvalue weighted by Crippen LogP contribution is 2.34. The Kier molecular flexibility index (Phi) is 4.10. The van der Waals surface area contributed by atoms with Crippen LogP contribution in [-0.4, -0.2) is 20.7 Å². The molecule has 1 N–H and O–H groups in total. The summed E-state index contributed by atoms with van der Waals surface area (Å²) in [7, 11) is 0. The molecule has 0 fully saturated rings. The molecule has 3 aromatic rings. The molecule has 124 valence electrons. The lowest BCUT2D eigenvalue weighted by Crippen LogP contribution is -2.21. The van der Waals surface area contributed by atoms with Crippen LogP contribution < -0.4 is 5.32 Å². The third kappa shape index (κ3) is 3.02. The highest BCUT2D eigenvalue weighted by Gasteiger charge is 2.40. The van der Waals surface area contributed by atoms with E-state index >= 15 is 0 Å². The number of alkyl halides is 3. The van der Waals surface area contributed by atoms with Crippen LogP contribution in [-0.2, 0) is 6.18 Å². The summed E-state index contributed by atoms with van der Waals surface area (Å²) in [5, 5.41) is 7.96. The molecule has 1 amide bonds. The van der Waals surface area contributed by atoms with Gasteiger partial charge in [-0.1, -0.05) is 18.2 Å². The molecule has 0 saturated carbocycles. The predicted octanol–water partition coefficient (Wildman–Crippen LogP) is 3.91. The molecule has 3 rings (SSSR count). The van der Waals surface area contributed by atoms with Crippen LogP contribution in [0.3, 0.4) is 0 Å². The van der Waals surface area contributed by atoms with E-state index in [0.29, 0.717) is 5.56 Å². The zero-order valence-electron chi connectivity index (χ0n) is 12.3. The van der Waals surface area contributed by atoms with Gasteiger partial charge in [-0.05, 0) is 18.6 Å². The number of nitrogens with zero attached hydrogens (tertiary/aromatic N) is 3. The summed E-state index contributed by atoms with van der Waals surface area (Å²) in [6.07, 6.45) is -2.38. The van der Waals surface area contributed by atoms with E-state index in [-0.39, 0.29) is 10.8 Å². The second-order valence-electron chi connectivity index (χ2n) is 4.89. The van der Waals surface area contributed by atoms with Crippen molar-refractivity contribution in [3.8, 4) is 5.69 Å². The smallest absolute Gasteiger partial charge is 0.298 e. The molecular weight excluding hydrogens is 341 g/mol. The Morgan fingerprint density at radius 2 is 2.04 bits per heavy atom. The maximum absolute atomic E-state index is 13.5. The van der Waals surface area contributed by atoms with Gasteiger partial charge in [-0.3, -0.25) is 10.1 Å². The molecule has 5 nitrogen and oxygen atoms in total. The van der Waals surface area contributed by atoms with Gasteiger partial charge in [0.15, 0.2) is 10.8 Å². The van der Waals surface area contributed by atoms with Crippen LogP contribution in [0.2, 0.25) is 0 Å². The predicted molar refractivity (Wildman–Crippen MR) is 83.4 cm³/mol. The number of para-hydroxylation sites is 1. The van der Waals surface area contributed by atoms with Crippen molar-refractivity contribution < 1.29 is 18.0 Å². The van der Waals surface area contributed by atoms with Gasteiger partial charge in [0.05, 0.1) is 17.4 Å². The normalized spacial score (nSPS) is 11.5. The van der Waals surface area contributed by atoms with Crippen molar-refractivity contribution in [2.45, 2.75) is 13.1 Å². The lowest BCUT2D eigenvalue weighted by atomic mass is 10.2. The van der Waals surface area contributed by atoms with E-state index in [2.05, 4.69) is 15.4 Å². The molecule has 2 heterocycles. The zero-order valence-corrected chi connectivity index (χ0v) is 13.1. The maximum atomic E-state index is 13.5. The number of hydrogen-bond donors (Lipinski definition) is 1. The summed E-state index contributed by atoms with van der Waals surface area (Å²) in [5.41, 5.74) is -0.803. The number of aromatic nitrogens is 3. The number of thiazole rings is 1. The van der Waals surface area contributed by atoms with Gasteiger partial charge < -0.3 is 0 Å². The monoisotopic (exact) mass is 352 g/mol. The molecule has 0 aliphatic heterocycles. The first-order valence-corrected chi connectivity index (χ1v) is 7.68. The van der Waals surface area contributed by atoms with Crippen LogP contribution in [0.25, 0.3) is 5.69 Å². The van der Waals surface area contributed by atoms with E-state index in [1.165, 1.54) is 12.3 Å². The Morgan fingerprint density at radius 3 is 2.67 bits per heavy atom. The van der Waals surface area contributed by atoms with Crippen LogP contribution in [0, 0.1) is 6.92 Å². The maximum Gasteiger partial charge on any atom is 0.434 e. The average molecular weight is 352 g/mol.